The molecule has 4 aromatic heterocycles. The molecule has 0 aliphatic carbocycles. The molecule has 0 aliphatic rings. The van der Waals surface area contributed by atoms with E-state index in [2.05, 4.69) is 30.4 Å². The van der Waals surface area contributed by atoms with Gasteiger partial charge in [0.1, 0.15) is 11.2 Å². The van der Waals surface area contributed by atoms with E-state index < -0.39 is 11.7 Å². The lowest BCUT2D eigenvalue weighted by molar-refractivity contribution is -0.137. The van der Waals surface area contributed by atoms with Crippen molar-refractivity contribution in [2.45, 2.75) is 12.7 Å². The van der Waals surface area contributed by atoms with Gasteiger partial charge in [-0.15, -0.1) is 0 Å². The highest BCUT2D eigenvalue weighted by molar-refractivity contribution is 5.88. The Kier molecular flexibility index (Phi) is 5.47. The van der Waals surface area contributed by atoms with E-state index in [0.717, 1.165) is 12.1 Å². The van der Waals surface area contributed by atoms with Crippen LogP contribution in [0, 0.1) is 0 Å². The predicted octanol–water partition coefficient (Wildman–Crippen LogP) is 3.54. The molecule has 0 radical (unpaired) electrons. The van der Waals surface area contributed by atoms with Gasteiger partial charge in [0.05, 0.1) is 23.5 Å². The monoisotopic (exact) mass is 478 g/mol. The maximum Gasteiger partial charge on any atom is 0.416 e. The molecule has 0 fully saturated rings. The Bertz CT molecular complexity index is 1570. The number of benzene rings is 1. The second kappa shape index (κ2) is 8.63. The zero-order valence-electron chi connectivity index (χ0n) is 18.2. The van der Waals surface area contributed by atoms with E-state index in [1.54, 1.807) is 31.6 Å². The smallest absolute Gasteiger partial charge is 0.357 e. The maximum atomic E-state index is 13.0. The first-order valence-electron chi connectivity index (χ1n) is 10.4. The molecule has 0 aliphatic heterocycles. The van der Waals surface area contributed by atoms with Crippen molar-refractivity contribution < 1.29 is 13.2 Å². The Morgan fingerprint density at radius 2 is 1.74 bits per heavy atom. The lowest BCUT2D eigenvalue weighted by Gasteiger charge is -2.08. The largest absolute Gasteiger partial charge is 0.416 e. The first-order chi connectivity index (χ1) is 16.8. The Morgan fingerprint density at radius 1 is 0.971 bits per heavy atom. The number of nitrogens with zero attached hydrogens (tertiary/aromatic N) is 7. The van der Waals surface area contributed by atoms with Crippen LogP contribution in [-0.4, -0.2) is 41.3 Å². The van der Waals surface area contributed by atoms with Gasteiger partial charge in [-0.3, -0.25) is 4.79 Å². The minimum atomic E-state index is -4.44. The van der Waals surface area contributed by atoms with Crippen LogP contribution < -0.4 is 10.9 Å². The van der Waals surface area contributed by atoms with E-state index in [-0.39, 0.29) is 12.1 Å². The van der Waals surface area contributed by atoms with Crippen molar-refractivity contribution in [1.29, 1.82) is 0 Å². The van der Waals surface area contributed by atoms with Crippen LogP contribution >= 0.6 is 0 Å². The summed E-state index contributed by atoms with van der Waals surface area (Å²) in [6.45, 7) is 0.247. The zero-order chi connectivity index (χ0) is 24.6. The van der Waals surface area contributed by atoms with Gasteiger partial charge in [0, 0.05) is 43.5 Å². The number of pyridine rings is 1. The summed E-state index contributed by atoms with van der Waals surface area (Å²) in [6, 6.07) is 9.44. The second-order valence-corrected chi connectivity index (χ2v) is 7.54. The Morgan fingerprint density at radius 3 is 2.46 bits per heavy atom. The van der Waals surface area contributed by atoms with E-state index >= 15 is 0 Å². The molecule has 5 rings (SSSR count). The van der Waals surface area contributed by atoms with Crippen LogP contribution in [0.2, 0.25) is 0 Å². The first kappa shape index (κ1) is 22.2. The number of alkyl halides is 3. The fourth-order valence-corrected chi connectivity index (χ4v) is 3.58. The highest BCUT2D eigenvalue weighted by atomic mass is 19.4. The molecule has 1 aromatic carbocycles. The van der Waals surface area contributed by atoms with E-state index in [1.807, 2.05) is 0 Å². The van der Waals surface area contributed by atoms with E-state index in [4.69, 9.17) is 0 Å². The molecule has 0 saturated carbocycles. The Balaban J connectivity index is 1.53. The number of hydrogen-bond donors (Lipinski definition) is 1. The van der Waals surface area contributed by atoms with Gasteiger partial charge in [-0.1, -0.05) is 0 Å². The fourth-order valence-electron chi connectivity index (χ4n) is 3.58. The van der Waals surface area contributed by atoms with Crippen molar-refractivity contribution in [2.75, 3.05) is 12.4 Å². The standard InChI is InChI=1S/C23H17F3N8O/c1-27-22-30-8-6-16(31-22)13-33-11-7-14(12-18(33)35)19-20-21(29-10-9-28-20)34(32-19)17-4-2-15(3-5-17)23(24,25)26/h2-12H,13H2,1H3,(H,27,30,31). The minimum absolute atomic E-state index is 0.247. The van der Waals surface area contributed by atoms with Crippen molar-refractivity contribution in [3.05, 3.63) is 88.9 Å². The summed E-state index contributed by atoms with van der Waals surface area (Å²) < 4.78 is 41.8. The third kappa shape index (κ3) is 4.33. The molecule has 0 amide bonds. The van der Waals surface area contributed by atoms with Crippen LogP contribution in [0.3, 0.4) is 0 Å². The number of fused-ring (bicyclic) bond motifs is 1. The van der Waals surface area contributed by atoms with Gasteiger partial charge in [0.2, 0.25) is 5.95 Å². The van der Waals surface area contributed by atoms with Crippen molar-refractivity contribution in [2.24, 2.45) is 0 Å². The van der Waals surface area contributed by atoms with Gasteiger partial charge >= 0.3 is 6.18 Å². The summed E-state index contributed by atoms with van der Waals surface area (Å²) in [5.41, 5.74) is 1.64. The second-order valence-electron chi connectivity index (χ2n) is 7.54. The normalized spacial score (nSPS) is 11.7. The van der Waals surface area contributed by atoms with Crippen LogP contribution in [0.1, 0.15) is 11.3 Å². The highest BCUT2D eigenvalue weighted by Gasteiger charge is 2.30. The third-order valence-corrected chi connectivity index (χ3v) is 5.28. The summed E-state index contributed by atoms with van der Waals surface area (Å²) in [6.07, 6.45) is 1.73. The Hall–Kier alpha value is -4.61. The average molecular weight is 478 g/mol. The molecule has 35 heavy (non-hydrogen) atoms. The van der Waals surface area contributed by atoms with Crippen LogP contribution in [-0.2, 0) is 12.7 Å². The number of nitrogens with one attached hydrogen (secondary N) is 1. The number of aromatic nitrogens is 7. The molecule has 0 saturated heterocycles. The molecule has 176 valence electrons. The molecule has 1 N–H and O–H groups in total. The fraction of sp³-hybridized carbons (Fsp3) is 0.130. The summed E-state index contributed by atoms with van der Waals surface area (Å²) >= 11 is 0. The van der Waals surface area contributed by atoms with Gasteiger partial charge in [-0.25, -0.2) is 24.6 Å². The maximum absolute atomic E-state index is 13.0. The molecule has 0 unspecified atom stereocenters. The quantitative estimate of drug-likeness (QED) is 0.412. The lowest BCUT2D eigenvalue weighted by atomic mass is 10.2. The van der Waals surface area contributed by atoms with Gasteiger partial charge in [0.25, 0.3) is 5.56 Å². The minimum Gasteiger partial charge on any atom is -0.357 e. The lowest BCUT2D eigenvalue weighted by Crippen LogP contribution is -2.20. The van der Waals surface area contributed by atoms with Gasteiger partial charge in [0.15, 0.2) is 5.65 Å². The third-order valence-electron chi connectivity index (χ3n) is 5.28. The first-order valence-corrected chi connectivity index (χ1v) is 10.4. The van der Waals surface area contributed by atoms with Crippen molar-refractivity contribution in [1.82, 2.24) is 34.3 Å². The summed E-state index contributed by atoms with van der Waals surface area (Å²) in [5, 5.41) is 7.39. The van der Waals surface area contributed by atoms with E-state index in [9.17, 15) is 18.0 Å². The van der Waals surface area contributed by atoms with Crippen LogP contribution in [0.4, 0.5) is 19.1 Å². The van der Waals surface area contributed by atoms with Gasteiger partial charge in [-0.2, -0.15) is 18.3 Å². The molecule has 0 spiro atoms. The van der Waals surface area contributed by atoms with E-state index in [0.29, 0.717) is 39.8 Å². The molecular formula is C23H17F3N8O. The summed E-state index contributed by atoms with van der Waals surface area (Å²) in [4.78, 5) is 29.9. The summed E-state index contributed by atoms with van der Waals surface area (Å²) in [5.74, 6) is 0.450. The van der Waals surface area contributed by atoms with Gasteiger partial charge < -0.3 is 9.88 Å². The van der Waals surface area contributed by atoms with Crippen molar-refractivity contribution >= 4 is 17.1 Å². The van der Waals surface area contributed by atoms with Crippen LogP contribution in [0.5, 0.6) is 0 Å². The average Bonchev–Trinajstić information content (AvgIpc) is 3.25. The van der Waals surface area contributed by atoms with E-state index in [1.165, 1.54) is 39.8 Å². The SMILES string of the molecule is CNc1nccc(Cn2ccc(-c3nn(-c4ccc(C(F)(F)F)cc4)c4nccnc34)cc2=O)n1. The predicted molar refractivity (Wildman–Crippen MR) is 122 cm³/mol. The van der Waals surface area contributed by atoms with Crippen LogP contribution in [0.25, 0.3) is 28.1 Å². The molecule has 12 heteroatoms. The molecular weight excluding hydrogens is 461 g/mol. The molecule has 0 bridgehead atoms. The summed E-state index contributed by atoms with van der Waals surface area (Å²) in [7, 11) is 1.71. The van der Waals surface area contributed by atoms with Gasteiger partial charge in [-0.05, 0) is 36.4 Å². The van der Waals surface area contributed by atoms with Crippen LogP contribution in [0.15, 0.2) is 72.0 Å². The molecule has 5 aromatic rings. The number of rotatable bonds is 5. The highest BCUT2D eigenvalue weighted by Crippen LogP contribution is 2.31. The Labute approximate surface area is 196 Å². The number of halogens is 3. The zero-order valence-corrected chi connectivity index (χ0v) is 18.2. The number of anilines is 1. The topological polar surface area (TPSA) is 103 Å². The molecule has 0 atom stereocenters. The molecule has 4 heterocycles. The molecule has 9 nitrogen and oxygen atoms in total. The number of hydrogen-bond acceptors (Lipinski definition) is 7. The van der Waals surface area contributed by atoms with Crippen molar-refractivity contribution in [3.8, 4) is 16.9 Å². The van der Waals surface area contributed by atoms with Crippen molar-refractivity contribution in [3.63, 3.8) is 0 Å².